The number of nitrogens with two attached hydrogens (primary N) is 1. The lowest BCUT2D eigenvalue weighted by Gasteiger charge is -2.11. The second-order valence-corrected chi connectivity index (χ2v) is 6.65. The van der Waals surface area contributed by atoms with Crippen LogP contribution in [-0.4, -0.2) is 22.9 Å². The van der Waals surface area contributed by atoms with Crippen molar-refractivity contribution in [3.8, 4) is 11.3 Å². The van der Waals surface area contributed by atoms with Gasteiger partial charge in [0, 0.05) is 30.2 Å². The Kier molecular flexibility index (Phi) is 5.07. The monoisotopic (exact) mass is 383 g/mol. The molecule has 4 aromatic rings. The molecule has 3 aromatic carbocycles. The highest BCUT2D eigenvalue weighted by molar-refractivity contribution is 5.96. The van der Waals surface area contributed by atoms with Crippen LogP contribution in [0.1, 0.15) is 16.1 Å². The second-order valence-electron chi connectivity index (χ2n) is 6.65. The summed E-state index contributed by atoms with van der Waals surface area (Å²) >= 11 is 0. The van der Waals surface area contributed by atoms with Crippen LogP contribution >= 0.6 is 0 Å². The SMILES string of the molecule is CNC(=O)c1nc(-c2cccc(CNc3cccc4ccccc34)c2)cnc1N. The zero-order chi connectivity index (χ0) is 20.2. The Hall–Kier alpha value is -3.93. The summed E-state index contributed by atoms with van der Waals surface area (Å²) in [5.74, 6) is -0.243. The molecule has 0 saturated carbocycles. The van der Waals surface area contributed by atoms with Crippen LogP contribution in [0, 0.1) is 0 Å². The van der Waals surface area contributed by atoms with Crippen LogP contribution in [0.15, 0.2) is 72.9 Å². The van der Waals surface area contributed by atoms with E-state index in [1.807, 2.05) is 42.5 Å². The fraction of sp³-hybridized carbons (Fsp3) is 0.0870. The van der Waals surface area contributed by atoms with Crippen LogP contribution in [0.5, 0.6) is 0 Å². The van der Waals surface area contributed by atoms with Gasteiger partial charge in [0.1, 0.15) is 0 Å². The maximum absolute atomic E-state index is 11.9. The molecule has 0 atom stereocenters. The number of nitrogens with zero attached hydrogens (tertiary/aromatic N) is 2. The molecular weight excluding hydrogens is 362 g/mol. The zero-order valence-corrected chi connectivity index (χ0v) is 16.0. The van der Waals surface area contributed by atoms with E-state index in [0.29, 0.717) is 12.2 Å². The molecule has 0 radical (unpaired) electrons. The van der Waals surface area contributed by atoms with Crippen LogP contribution in [0.25, 0.3) is 22.0 Å². The number of carbonyl (C=O) groups is 1. The van der Waals surface area contributed by atoms with Gasteiger partial charge in [-0.2, -0.15) is 0 Å². The van der Waals surface area contributed by atoms with Gasteiger partial charge < -0.3 is 16.4 Å². The number of rotatable bonds is 5. The van der Waals surface area contributed by atoms with Gasteiger partial charge in [0.05, 0.1) is 11.9 Å². The smallest absolute Gasteiger partial charge is 0.273 e. The standard InChI is InChI=1S/C23H21N5O/c1-25-23(29)21-22(24)27-14-20(28-21)17-9-4-6-15(12-17)13-26-19-11-5-8-16-7-2-3-10-18(16)19/h2-12,14,26H,13H2,1H3,(H2,24,27)(H,25,29). The number of amides is 1. The Balaban J connectivity index is 1.59. The van der Waals surface area contributed by atoms with E-state index in [1.165, 1.54) is 17.8 Å². The van der Waals surface area contributed by atoms with E-state index in [9.17, 15) is 4.79 Å². The molecule has 0 aliphatic rings. The molecule has 0 unspecified atom stereocenters. The molecular formula is C23H21N5O. The Morgan fingerprint density at radius 3 is 2.69 bits per heavy atom. The van der Waals surface area contributed by atoms with Crippen LogP contribution in [0.2, 0.25) is 0 Å². The van der Waals surface area contributed by atoms with Gasteiger partial charge in [0.15, 0.2) is 11.5 Å². The Labute approximate surface area is 168 Å². The number of nitrogen functional groups attached to an aromatic ring is 1. The highest BCUT2D eigenvalue weighted by atomic mass is 16.1. The van der Waals surface area contributed by atoms with Gasteiger partial charge in [-0.15, -0.1) is 0 Å². The molecule has 6 nitrogen and oxygen atoms in total. The van der Waals surface area contributed by atoms with Crippen molar-refractivity contribution >= 4 is 28.2 Å². The van der Waals surface area contributed by atoms with Gasteiger partial charge in [0.2, 0.25) is 0 Å². The zero-order valence-electron chi connectivity index (χ0n) is 16.0. The van der Waals surface area contributed by atoms with Gasteiger partial charge in [-0.25, -0.2) is 9.97 Å². The number of benzene rings is 3. The van der Waals surface area contributed by atoms with E-state index < -0.39 is 0 Å². The van der Waals surface area contributed by atoms with Crippen LogP contribution in [0.4, 0.5) is 11.5 Å². The normalized spacial score (nSPS) is 10.7. The summed E-state index contributed by atoms with van der Waals surface area (Å²) in [4.78, 5) is 20.5. The molecule has 0 spiro atoms. The predicted octanol–water partition coefficient (Wildman–Crippen LogP) is 3.85. The minimum absolute atomic E-state index is 0.113. The van der Waals surface area contributed by atoms with Crippen LogP contribution < -0.4 is 16.4 Å². The quantitative estimate of drug-likeness (QED) is 0.487. The van der Waals surface area contributed by atoms with Crippen molar-refractivity contribution in [2.45, 2.75) is 6.54 Å². The molecule has 4 rings (SSSR count). The second kappa shape index (κ2) is 7.98. The third-order valence-electron chi connectivity index (χ3n) is 4.74. The van der Waals surface area contributed by atoms with Gasteiger partial charge >= 0.3 is 0 Å². The first kappa shape index (κ1) is 18.4. The minimum atomic E-state index is -0.356. The van der Waals surface area contributed by atoms with Gasteiger partial charge in [-0.1, -0.05) is 54.6 Å². The largest absolute Gasteiger partial charge is 0.382 e. The summed E-state index contributed by atoms with van der Waals surface area (Å²) in [6.45, 7) is 0.659. The van der Waals surface area contributed by atoms with Crippen molar-refractivity contribution in [1.29, 1.82) is 0 Å². The highest BCUT2D eigenvalue weighted by Gasteiger charge is 2.13. The summed E-state index contributed by atoms with van der Waals surface area (Å²) in [6, 6.07) is 22.5. The third-order valence-corrected chi connectivity index (χ3v) is 4.74. The van der Waals surface area contributed by atoms with Crippen molar-refractivity contribution in [2.75, 3.05) is 18.1 Å². The summed E-state index contributed by atoms with van der Waals surface area (Å²) in [7, 11) is 1.54. The highest BCUT2D eigenvalue weighted by Crippen LogP contribution is 2.24. The third kappa shape index (κ3) is 3.87. The average Bonchev–Trinajstić information content (AvgIpc) is 2.77. The molecule has 144 valence electrons. The maximum atomic E-state index is 11.9. The topological polar surface area (TPSA) is 92.9 Å². The average molecular weight is 383 g/mol. The number of aromatic nitrogens is 2. The molecule has 0 fully saturated rings. The van der Waals surface area contributed by atoms with Gasteiger partial charge in [0.25, 0.3) is 5.91 Å². The summed E-state index contributed by atoms with van der Waals surface area (Å²) in [6.07, 6.45) is 1.58. The molecule has 0 aliphatic carbocycles. The molecule has 1 aromatic heterocycles. The summed E-state index contributed by atoms with van der Waals surface area (Å²) in [5.41, 5.74) is 9.57. The van der Waals surface area contributed by atoms with Crippen molar-refractivity contribution in [1.82, 2.24) is 15.3 Å². The lowest BCUT2D eigenvalue weighted by Crippen LogP contribution is -2.21. The first-order valence-corrected chi connectivity index (χ1v) is 9.31. The lowest BCUT2D eigenvalue weighted by molar-refractivity contribution is 0.0959. The van der Waals surface area contributed by atoms with Crippen LogP contribution in [0.3, 0.4) is 0 Å². The van der Waals surface area contributed by atoms with Crippen LogP contribution in [-0.2, 0) is 6.54 Å². The molecule has 6 heteroatoms. The molecule has 1 heterocycles. The van der Waals surface area contributed by atoms with E-state index >= 15 is 0 Å². The summed E-state index contributed by atoms with van der Waals surface area (Å²) < 4.78 is 0. The fourth-order valence-corrected chi connectivity index (χ4v) is 3.24. The fourth-order valence-electron chi connectivity index (χ4n) is 3.24. The van der Waals surface area contributed by atoms with Crippen molar-refractivity contribution < 1.29 is 4.79 Å². The van der Waals surface area contributed by atoms with Crippen molar-refractivity contribution in [2.24, 2.45) is 0 Å². The van der Waals surface area contributed by atoms with E-state index in [-0.39, 0.29) is 17.4 Å². The molecule has 4 N–H and O–H groups in total. The Morgan fingerprint density at radius 1 is 1.03 bits per heavy atom. The summed E-state index contributed by atoms with van der Waals surface area (Å²) in [5, 5.41) is 8.43. The van der Waals surface area contributed by atoms with E-state index in [4.69, 9.17) is 5.73 Å². The van der Waals surface area contributed by atoms with Crippen molar-refractivity contribution in [3.63, 3.8) is 0 Å². The Bertz CT molecular complexity index is 1180. The molecule has 0 aliphatic heterocycles. The maximum Gasteiger partial charge on any atom is 0.273 e. The molecule has 0 saturated heterocycles. The molecule has 29 heavy (non-hydrogen) atoms. The van der Waals surface area contributed by atoms with Gasteiger partial charge in [-0.3, -0.25) is 4.79 Å². The number of hydrogen-bond donors (Lipinski definition) is 3. The van der Waals surface area contributed by atoms with E-state index in [0.717, 1.165) is 16.8 Å². The lowest BCUT2D eigenvalue weighted by atomic mass is 10.1. The van der Waals surface area contributed by atoms with E-state index in [2.05, 4.69) is 44.9 Å². The predicted molar refractivity (Wildman–Crippen MR) is 117 cm³/mol. The van der Waals surface area contributed by atoms with E-state index in [1.54, 1.807) is 6.20 Å². The van der Waals surface area contributed by atoms with Crippen molar-refractivity contribution in [3.05, 3.63) is 84.2 Å². The number of nitrogens with one attached hydrogen (secondary N) is 2. The molecule has 0 bridgehead atoms. The number of fused-ring (bicyclic) bond motifs is 1. The minimum Gasteiger partial charge on any atom is -0.382 e. The first-order valence-electron chi connectivity index (χ1n) is 9.31. The Morgan fingerprint density at radius 2 is 1.83 bits per heavy atom. The number of carbonyl (C=O) groups excluding carboxylic acids is 1. The number of anilines is 2. The first-order chi connectivity index (χ1) is 14.2. The number of hydrogen-bond acceptors (Lipinski definition) is 5. The molecule has 1 amide bonds. The van der Waals surface area contributed by atoms with Gasteiger partial charge in [-0.05, 0) is 23.1 Å².